The van der Waals surface area contributed by atoms with Crippen molar-refractivity contribution >= 4 is 29.2 Å². The van der Waals surface area contributed by atoms with Crippen LogP contribution in [0.25, 0.3) is 0 Å². The number of nitrogens with one attached hydrogen (secondary N) is 2. The van der Waals surface area contributed by atoms with Gasteiger partial charge >= 0.3 is 0 Å². The molecule has 1 aromatic heterocycles. The predicted octanol–water partition coefficient (Wildman–Crippen LogP) is 2.95. The number of halogens is 2. The number of aromatic nitrogens is 1. The third-order valence-corrected chi connectivity index (χ3v) is 7.05. The molecule has 0 bridgehead atoms. The minimum Gasteiger partial charge on any atom is -0.377 e. The van der Waals surface area contributed by atoms with E-state index in [1.165, 1.54) is 19.3 Å². The maximum atomic E-state index is 6.13. The van der Waals surface area contributed by atoms with Crippen LogP contribution in [-0.2, 0) is 18.3 Å². The van der Waals surface area contributed by atoms with Crippen LogP contribution in [0, 0.1) is 11.3 Å². The van der Waals surface area contributed by atoms with E-state index in [1.54, 1.807) is 0 Å². The van der Waals surface area contributed by atoms with E-state index in [2.05, 4.69) is 15.6 Å². The number of ether oxygens (including phenoxy) is 1. The van der Waals surface area contributed by atoms with E-state index in [1.807, 2.05) is 24.7 Å². The molecule has 5 nitrogen and oxygen atoms in total. The molecule has 0 aromatic carbocycles. The molecular weight excluding hydrogens is 347 g/mol. The lowest BCUT2D eigenvalue weighted by molar-refractivity contribution is -0.171. The van der Waals surface area contributed by atoms with Gasteiger partial charge in [0.25, 0.3) is 0 Å². The minimum atomic E-state index is 0.344. The molecule has 3 atom stereocenters. The molecule has 4 rings (SSSR count). The number of hydrogen-bond donors (Lipinski definition) is 2. The molecular formula is C17H24Cl2N4O. The van der Waals surface area contributed by atoms with Crippen LogP contribution in [0.5, 0.6) is 0 Å². The van der Waals surface area contributed by atoms with E-state index in [-0.39, 0.29) is 0 Å². The van der Waals surface area contributed by atoms with Gasteiger partial charge in [0.2, 0.25) is 0 Å². The van der Waals surface area contributed by atoms with Gasteiger partial charge in [-0.05, 0) is 25.3 Å². The summed E-state index contributed by atoms with van der Waals surface area (Å²) in [6.07, 6.45) is 5.48. The summed E-state index contributed by atoms with van der Waals surface area (Å²) in [5, 5.41) is 8.20. The van der Waals surface area contributed by atoms with Crippen molar-refractivity contribution in [2.45, 2.75) is 44.4 Å². The molecule has 3 aliphatic rings. The highest BCUT2D eigenvalue weighted by Crippen LogP contribution is 2.62. The molecule has 2 N–H and O–H groups in total. The Balaban J connectivity index is 1.41. The van der Waals surface area contributed by atoms with E-state index < -0.39 is 0 Å². The molecule has 24 heavy (non-hydrogen) atoms. The second-order valence-corrected chi connectivity index (χ2v) is 7.98. The Labute approximate surface area is 152 Å². The highest BCUT2D eigenvalue weighted by atomic mass is 35.5. The number of fused-ring (bicyclic) bond motifs is 2. The lowest BCUT2D eigenvalue weighted by Crippen LogP contribution is -2.72. The zero-order valence-corrected chi connectivity index (χ0v) is 15.6. The van der Waals surface area contributed by atoms with E-state index in [0.29, 0.717) is 40.2 Å². The summed E-state index contributed by atoms with van der Waals surface area (Å²) < 4.78 is 7.87. The van der Waals surface area contributed by atoms with Crippen molar-refractivity contribution in [3.63, 3.8) is 0 Å². The molecule has 1 aromatic rings. The van der Waals surface area contributed by atoms with Crippen LogP contribution in [0.3, 0.4) is 0 Å². The van der Waals surface area contributed by atoms with E-state index in [9.17, 15) is 0 Å². The number of hydrogen-bond acceptors (Lipinski definition) is 2. The van der Waals surface area contributed by atoms with Gasteiger partial charge in [0, 0.05) is 43.8 Å². The molecule has 7 heteroatoms. The monoisotopic (exact) mass is 370 g/mol. The van der Waals surface area contributed by atoms with Crippen molar-refractivity contribution in [2.75, 3.05) is 13.7 Å². The highest BCUT2D eigenvalue weighted by Gasteiger charge is 2.66. The lowest BCUT2D eigenvalue weighted by atomic mass is 9.46. The van der Waals surface area contributed by atoms with Gasteiger partial charge in [0.1, 0.15) is 5.15 Å². The molecule has 2 aliphatic carbocycles. The average molecular weight is 371 g/mol. The van der Waals surface area contributed by atoms with Gasteiger partial charge in [0.15, 0.2) is 5.96 Å². The van der Waals surface area contributed by atoms with E-state index in [4.69, 9.17) is 27.9 Å². The second kappa shape index (κ2) is 6.11. The minimum absolute atomic E-state index is 0.344. The Morgan fingerprint density at radius 2 is 2.25 bits per heavy atom. The SMILES string of the molecule is CN=C(NCc1cc(Cl)c(Cl)n1C)NC1C2CCOC2C12CCC2. The molecule has 1 spiro atoms. The fourth-order valence-electron chi connectivity index (χ4n) is 4.73. The predicted molar refractivity (Wildman–Crippen MR) is 96.7 cm³/mol. The number of aliphatic imine (C=N–C) groups is 1. The molecule has 1 saturated heterocycles. The normalized spacial score (nSPS) is 30.7. The van der Waals surface area contributed by atoms with E-state index >= 15 is 0 Å². The molecule has 1 aliphatic heterocycles. The van der Waals surface area contributed by atoms with Gasteiger partial charge in [0.05, 0.1) is 17.7 Å². The fourth-order valence-corrected chi connectivity index (χ4v) is 5.15. The first-order valence-electron chi connectivity index (χ1n) is 8.65. The van der Waals surface area contributed by atoms with Crippen LogP contribution in [0.15, 0.2) is 11.1 Å². The van der Waals surface area contributed by atoms with Crippen LogP contribution >= 0.6 is 23.2 Å². The molecule has 3 unspecified atom stereocenters. The second-order valence-electron chi connectivity index (χ2n) is 7.21. The fraction of sp³-hybridized carbons (Fsp3) is 0.706. The molecule has 2 saturated carbocycles. The van der Waals surface area contributed by atoms with Gasteiger partial charge in [-0.25, -0.2) is 0 Å². The van der Waals surface area contributed by atoms with Gasteiger partial charge in [-0.3, -0.25) is 4.99 Å². The number of rotatable bonds is 3. The largest absolute Gasteiger partial charge is 0.377 e. The number of guanidine groups is 1. The molecule has 0 radical (unpaired) electrons. The van der Waals surface area contributed by atoms with Crippen molar-refractivity contribution in [1.82, 2.24) is 15.2 Å². The quantitative estimate of drug-likeness (QED) is 0.635. The van der Waals surface area contributed by atoms with Gasteiger partial charge < -0.3 is 19.9 Å². The van der Waals surface area contributed by atoms with Gasteiger partial charge in [-0.2, -0.15) is 0 Å². The summed E-state index contributed by atoms with van der Waals surface area (Å²) in [5.74, 6) is 1.47. The Morgan fingerprint density at radius 1 is 1.46 bits per heavy atom. The smallest absolute Gasteiger partial charge is 0.191 e. The lowest BCUT2D eigenvalue weighted by Gasteiger charge is -2.63. The highest BCUT2D eigenvalue weighted by molar-refractivity contribution is 6.41. The van der Waals surface area contributed by atoms with Gasteiger partial charge in [-0.1, -0.05) is 29.6 Å². The summed E-state index contributed by atoms with van der Waals surface area (Å²) >= 11 is 12.2. The van der Waals surface area contributed by atoms with Crippen molar-refractivity contribution in [3.8, 4) is 0 Å². The van der Waals surface area contributed by atoms with Crippen LogP contribution in [0.2, 0.25) is 10.2 Å². The van der Waals surface area contributed by atoms with Crippen molar-refractivity contribution < 1.29 is 4.74 Å². The standard InChI is InChI=1S/C17H24Cl2N4O/c1-20-16(21-9-10-8-12(18)15(19)23(10)2)22-13-11-4-7-24-14(11)17(13)5-3-6-17/h8,11,13-14H,3-7,9H2,1-2H3,(H2,20,21,22). The first-order chi connectivity index (χ1) is 11.6. The Kier molecular flexibility index (Phi) is 4.22. The summed E-state index contributed by atoms with van der Waals surface area (Å²) in [6, 6.07) is 2.37. The maximum Gasteiger partial charge on any atom is 0.191 e. The molecule has 3 fully saturated rings. The summed E-state index contributed by atoms with van der Waals surface area (Å²) in [7, 11) is 3.73. The summed E-state index contributed by atoms with van der Waals surface area (Å²) in [4.78, 5) is 4.40. The zero-order valence-electron chi connectivity index (χ0n) is 14.1. The summed E-state index contributed by atoms with van der Waals surface area (Å²) in [5.41, 5.74) is 1.37. The van der Waals surface area contributed by atoms with Crippen LogP contribution in [0.4, 0.5) is 0 Å². The van der Waals surface area contributed by atoms with Crippen LogP contribution in [-0.4, -0.2) is 36.3 Å². The van der Waals surface area contributed by atoms with Crippen molar-refractivity contribution in [1.29, 1.82) is 0 Å². The van der Waals surface area contributed by atoms with E-state index in [0.717, 1.165) is 24.7 Å². The average Bonchev–Trinajstić information content (AvgIpc) is 3.04. The van der Waals surface area contributed by atoms with Crippen molar-refractivity contribution in [3.05, 3.63) is 21.9 Å². The topological polar surface area (TPSA) is 50.6 Å². The third-order valence-electron chi connectivity index (χ3n) is 6.20. The Bertz CT molecular complexity index is 668. The molecule has 132 valence electrons. The maximum absolute atomic E-state index is 6.13. The first kappa shape index (κ1) is 16.6. The van der Waals surface area contributed by atoms with Crippen LogP contribution in [0.1, 0.15) is 31.4 Å². The molecule has 0 amide bonds. The third kappa shape index (κ3) is 2.36. The first-order valence-corrected chi connectivity index (χ1v) is 9.41. The Hall–Kier alpha value is -0.910. The van der Waals surface area contributed by atoms with Crippen molar-refractivity contribution in [2.24, 2.45) is 23.4 Å². The Morgan fingerprint density at radius 3 is 2.83 bits per heavy atom. The molecule has 2 heterocycles. The summed E-state index contributed by atoms with van der Waals surface area (Å²) in [6.45, 7) is 1.54. The van der Waals surface area contributed by atoms with Crippen LogP contribution < -0.4 is 10.6 Å². The number of nitrogens with zero attached hydrogens (tertiary/aromatic N) is 2. The van der Waals surface area contributed by atoms with Gasteiger partial charge in [-0.15, -0.1) is 0 Å². The zero-order chi connectivity index (χ0) is 16.9.